The van der Waals surface area contributed by atoms with E-state index in [1.165, 1.54) is 24.4 Å². The molecule has 1 saturated heterocycles. The average molecular weight is 482 g/mol. The molecule has 0 unspecified atom stereocenters. The van der Waals surface area contributed by atoms with Crippen LogP contribution in [0.4, 0.5) is 9.18 Å². The monoisotopic (exact) mass is 481 g/mol. The molecule has 10 heteroatoms. The number of aromatic nitrogens is 2. The number of carbonyl (C=O) groups excluding carboxylic acids is 2. The molecule has 0 aliphatic carbocycles. The fraction of sp³-hybridized carbons (Fsp3) is 0.360. The van der Waals surface area contributed by atoms with Crippen LogP contribution in [-0.2, 0) is 11.3 Å². The number of rotatable bonds is 4. The van der Waals surface area contributed by atoms with Crippen molar-refractivity contribution in [2.45, 2.75) is 32.9 Å². The van der Waals surface area contributed by atoms with Gasteiger partial charge in [0.1, 0.15) is 11.4 Å². The van der Waals surface area contributed by atoms with Gasteiger partial charge < -0.3 is 9.64 Å². The first-order chi connectivity index (χ1) is 16.6. The highest BCUT2D eigenvalue weighted by atomic mass is 19.1. The van der Waals surface area contributed by atoms with Crippen LogP contribution in [0.1, 0.15) is 36.7 Å². The van der Waals surface area contributed by atoms with Gasteiger partial charge in [0.25, 0.3) is 5.91 Å². The molecule has 0 saturated carbocycles. The van der Waals surface area contributed by atoms with Crippen molar-refractivity contribution in [2.75, 3.05) is 26.2 Å². The Morgan fingerprint density at radius 1 is 1.09 bits per heavy atom. The van der Waals surface area contributed by atoms with E-state index in [0.29, 0.717) is 55.0 Å². The number of carbonyl (C=O) groups is 2. The summed E-state index contributed by atoms with van der Waals surface area (Å²) in [5.74, 6) is -1.09. The van der Waals surface area contributed by atoms with E-state index in [4.69, 9.17) is 9.94 Å². The lowest BCUT2D eigenvalue weighted by Crippen LogP contribution is -2.49. The van der Waals surface area contributed by atoms with E-state index in [1.807, 2.05) is 26.8 Å². The number of hydroxylamine groups is 1. The molecule has 0 bridgehead atoms. The van der Waals surface area contributed by atoms with Crippen LogP contribution in [0.3, 0.4) is 0 Å². The van der Waals surface area contributed by atoms with Crippen LogP contribution in [0.5, 0.6) is 0 Å². The first-order valence-corrected chi connectivity index (χ1v) is 11.3. The second-order valence-electron chi connectivity index (χ2n) is 9.46. The maximum absolute atomic E-state index is 15.0. The Morgan fingerprint density at radius 3 is 2.49 bits per heavy atom. The minimum Gasteiger partial charge on any atom is -0.444 e. The normalized spacial score (nSPS) is 14.7. The highest BCUT2D eigenvalue weighted by Crippen LogP contribution is 2.24. The highest BCUT2D eigenvalue weighted by molar-refractivity contribution is 5.96. The van der Waals surface area contributed by atoms with Crippen LogP contribution in [0.2, 0.25) is 0 Å². The van der Waals surface area contributed by atoms with Crippen LogP contribution in [-0.4, -0.2) is 68.8 Å². The molecular formula is C25H28FN5O4. The zero-order valence-corrected chi connectivity index (χ0v) is 19.9. The molecule has 2 aromatic carbocycles. The topological polar surface area (TPSA) is 108 Å². The summed E-state index contributed by atoms with van der Waals surface area (Å²) in [4.78, 5) is 36.5. The van der Waals surface area contributed by atoms with Crippen molar-refractivity contribution < 1.29 is 23.9 Å². The molecule has 0 radical (unpaired) electrons. The summed E-state index contributed by atoms with van der Waals surface area (Å²) in [6.45, 7) is 8.53. The number of amides is 2. The maximum atomic E-state index is 15.0. The van der Waals surface area contributed by atoms with Crippen molar-refractivity contribution >= 4 is 23.0 Å². The fourth-order valence-corrected chi connectivity index (χ4v) is 3.88. The molecule has 2 N–H and O–H groups in total. The van der Waals surface area contributed by atoms with Crippen LogP contribution in [0.15, 0.2) is 42.6 Å². The maximum Gasteiger partial charge on any atom is 0.410 e. The number of nitrogens with zero attached hydrogens (tertiary/aromatic N) is 4. The van der Waals surface area contributed by atoms with Gasteiger partial charge in [-0.05, 0) is 56.7 Å². The minimum atomic E-state index is -0.665. The molecule has 3 aromatic rings. The first kappa shape index (κ1) is 24.5. The smallest absolute Gasteiger partial charge is 0.410 e. The summed E-state index contributed by atoms with van der Waals surface area (Å²) < 4.78 is 20.5. The van der Waals surface area contributed by atoms with E-state index in [0.717, 1.165) is 5.56 Å². The minimum absolute atomic E-state index is 0.217. The first-order valence-electron chi connectivity index (χ1n) is 11.3. The van der Waals surface area contributed by atoms with Gasteiger partial charge in [-0.3, -0.25) is 19.9 Å². The van der Waals surface area contributed by atoms with Gasteiger partial charge in [-0.25, -0.2) is 19.6 Å². The Balaban J connectivity index is 1.43. The van der Waals surface area contributed by atoms with Gasteiger partial charge in [-0.2, -0.15) is 0 Å². The zero-order chi connectivity index (χ0) is 25.2. The molecule has 35 heavy (non-hydrogen) atoms. The van der Waals surface area contributed by atoms with E-state index in [1.54, 1.807) is 22.5 Å². The molecule has 0 spiro atoms. The van der Waals surface area contributed by atoms with Crippen molar-refractivity contribution in [3.8, 4) is 11.3 Å². The summed E-state index contributed by atoms with van der Waals surface area (Å²) in [7, 11) is 0. The Labute approximate surface area is 202 Å². The van der Waals surface area contributed by atoms with Gasteiger partial charge in [0.05, 0.1) is 22.9 Å². The van der Waals surface area contributed by atoms with Crippen LogP contribution in [0.25, 0.3) is 22.3 Å². The number of hydrogen-bond donors (Lipinski definition) is 2. The standard InChI is InChI=1S/C25H28FN5O4/c1-25(2,3)35-24(33)31-10-8-30(9-11-31)15-16-4-6-18(19(26)12-16)22-14-27-20-7-5-17(23(32)29-34)13-21(20)28-22/h4-7,12-14,34H,8-11,15H2,1-3H3,(H,29,32). The molecule has 0 atom stereocenters. The number of ether oxygens (including phenoxy) is 1. The van der Waals surface area contributed by atoms with Gasteiger partial charge in [0.15, 0.2) is 0 Å². The molecule has 1 fully saturated rings. The number of benzene rings is 2. The van der Waals surface area contributed by atoms with Crippen molar-refractivity contribution in [1.82, 2.24) is 25.2 Å². The van der Waals surface area contributed by atoms with Crippen molar-refractivity contribution in [3.05, 3.63) is 59.5 Å². The fourth-order valence-electron chi connectivity index (χ4n) is 3.88. The lowest BCUT2D eigenvalue weighted by Gasteiger charge is -2.35. The van der Waals surface area contributed by atoms with E-state index in [-0.39, 0.29) is 11.7 Å². The lowest BCUT2D eigenvalue weighted by atomic mass is 10.1. The quantitative estimate of drug-likeness (QED) is 0.433. The Hall–Kier alpha value is -3.63. The third-order valence-electron chi connectivity index (χ3n) is 5.65. The Bertz CT molecular complexity index is 1250. The second-order valence-corrected chi connectivity index (χ2v) is 9.46. The largest absolute Gasteiger partial charge is 0.444 e. The molecular weight excluding hydrogens is 453 g/mol. The third kappa shape index (κ3) is 5.90. The summed E-state index contributed by atoms with van der Waals surface area (Å²) in [6, 6.07) is 9.61. The van der Waals surface area contributed by atoms with Crippen molar-refractivity contribution in [3.63, 3.8) is 0 Å². The van der Waals surface area contributed by atoms with Crippen molar-refractivity contribution in [2.24, 2.45) is 0 Å². The average Bonchev–Trinajstić information content (AvgIpc) is 2.82. The van der Waals surface area contributed by atoms with Crippen LogP contribution in [0, 0.1) is 5.82 Å². The molecule has 2 heterocycles. The number of fused-ring (bicyclic) bond motifs is 1. The molecule has 184 valence electrons. The highest BCUT2D eigenvalue weighted by Gasteiger charge is 2.26. The molecule has 4 rings (SSSR count). The third-order valence-corrected chi connectivity index (χ3v) is 5.65. The van der Waals surface area contributed by atoms with E-state index >= 15 is 4.39 Å². The predicted octanol–water partition coefficient (Wildman–Crippen LogP) is 3.61. The van der Waals surface area contributed by atoms with Gasteiger partial charge in [0, 0.05) is 43.9 Å². The predicted molar refractivity (Wildman–Crippen MR) is 127 cm³/mol. The number of piperazine rings is 1. The van der Waals surface area contributed by atoms with Crippen LogP contribution >= 0.6 is 0 Å². The van der Waals surface area contributed by atoms with Gasteiger partial charge in [0.2, 0.25) is 0 Å². The SMILES string of the molecule is CC(C)(C)OC(=O)N1CCN(Cc2ccc(-c3cnc4ccc(C(=O)NO)cc4n3)c(F)c2)CC1. The Morgan fingerprint density at radius 2 is 1.83 bits per heavy atom. The van der Waals surface area contributed by atoms with E-state index in [9.17, 15) is 9.59 Å². The van der Waals surface area contributed by atoms with Gasteiger partial charge >= 0.3 is 6.09 Å². The number of hydrogen-bond acceptors (Lipinski definition) is 7. The number of halogens is 1. The Kier molecular flexibility index (Phi) is 6.95. The summed E-state index contributed by atoms with van der Waals surface area (Å²) in [5.41, 5.74) is 3.68. The molecule has 1 aliphatic heterocycles. The van der Waals surface area contributed by atoms with E-state index in [2.05, 4.69) is 14.9 Å². The van der Waals surface area contributed by atoms with Gasteiger partial charge in [-0.15, -0.1) is 0 Å². The molecule has 2 amide bonds. The molecule has 9 nitrogen and oxygen atoms in total. The van der Waals surface area contributed by atoms with Gasteiger partial charge in [-0.1, -0.05) is 6.07 Å². The second kappa shape index (κ2) is 9.93. The lowest BCUT2D eigenvalue weighted by molar-refractivity contribution is 0.0139. The zero-order valence-electron chi connectivity index (χ0n) is 19.9. The molecule has 1 aliphatic rings. The number of nitrogens with one attached hydrogen (secondary N) is 1. The molecule has 1 aromatic heterocycles. The summed E-state index contributed by atoms with van der Waals surface area (Å²) >= 11 is 0. The summed E-state index contributed by atoms with van der Waals surface area (Å²) in [5, 5.41) is 8.84. The van der Waals surface area contributed by atoms with Crippen molar-refractivity contribution in [1.29, 1.82) is 0 Å². The summed E-state index contributed by atoms with van der Waals surface area (Å²) in [6.07, 6.45) is 1.18. The van der Waals surface area contributed by atoms with E-state index < -0.39 is 17.3 Å². The van der Waals surface area contributed by atoms with Crippen LogP contribution < -0.4 is 5.48 Å².